The number of fused-ring (bicyclic) bond motifs is 2. The summed E-state index contributed by atoms with van der Waals surface area (Å²) >= 11 is 0. The predicted molar refractivity (Wildman–Crippen MR) is 96.0 cm³/mol. The maximum Gasteiger partial charge on any atom is 0.314 e. The van der Waals surface area contributed by atoms with Crippen LogP contribution in [-0.4, -0.2) is 30.3 Å². The van der Waals surface area contributed by atoms with Crippen LogP contribution in [0.1, 0.15) is 50.7 Å². The van der Waals surface area contributed by atoms with Crippen LogP contribution in [0.4, 0.5) is 4.79 Å². The number of amides is 2. The largest absolute Gasteiger partial charge is 0.393 e. The van der Waals surface area contributed by atoms with E-state index in [1.807, 2.05) is 6.92 Å². The SMILES string of the molecule is CC(O)CC(C)CNC(=O)NCC1CC12CCCc1ccccc12. The molecule has 1 saturated carbocycles. The molecule has 4 atom stereocenters. The van der Waals surface area contributed by atoms with Gasteiger partial charge in [-0.1, -0.05) is 31.2 Å². The topological polar surface area (TPSA) is 61.4 Å². The molecule has 0 radical (unpaired) electrons. The van der Waals surface area contributed by atoms with E-state index in [0.29, 0.717) is 24.3 Å². The highest BCUT2D eigenvalue weighted by Crippen LogP contribution is 2.59. The fraction of sp³-hybridized carbons (Fsp3) is 0.650. The number of aliphatic hydroxyl groups excluding tert-OH is 1. The minimum atomic E-state index is -0.317. The Morgan fingerprint density at radius 1 is 1.33 bits per heavy atom. The highest BCUT2D eigenvalue weighted by atomic mass is 16.3. The van der Waals surface area contributed by atoms with Crippen LogP contribution in [0.3, 0.4) is 0 Å². The molecule has 3 rings (SSSR count). The van der Waals surface area contributed by atoms with Gasteiger partial charge in [0.2, 0.25) is 0 Å². The summed E-state index contributed by atoms with van der Waals surface area (Å²) in [4.78, 5) is 12.0. The van der Waals surface area contributed by atoms with Gasteiger partial charge in [0, 0.05) is 18.5 Å². The van der Waals surface area contributed by atoms with Crippen molar-refractivity contribution in [2.24, 2.45) is 11.8 Å². The van der Waals surface area contributed by atoms with Crippen LogP contribution in [0, 0.1) is 11.8 Å². The Morgan fingerprint density at radius 3 is 2.92 bits per heavy atom. The molecule has 0 heterocycles. The second-order valence-electron chi connectivity index (χ2n) is 7.85. The van der Waals surface area contributed by atoms with E-state index >= 15 is 0 Å². The predicted octanol–water partition coefficient (Wildman–Crippen LogP) is 2.99. The van der Waals surface area contributed by atoms with E-state index in [9.17, 15) is 9.90 Å². The first-order valence-electron chi connectivity index (χ1n) is 9.29. The van der Waals surface area contributed by atoms with Crippen LogP contribution in [-0.2, 0) is 11.8 Å². The standard InChI is InChI=1S/C20H30N2O2/c1-14(10-15(2)23)12-21-19(24)22-13-17-11-20(17)9-5-7-16-6-3-4-8-18(16)20/h3-4,6,8,14-15,17,23H,5,7,9-13H2,1-2H3,(H2,21,22,24). The van der Waals surface area contributed by atoms with Gasteiger partial charge in [-0.25, -0.2) is 4.79 Å². The van der Waals surface area contributed by atoms with Gasteiger partial charge in [-0.15, -0.1) is 0 Å². The maximum absolute atomic E-state index is 12.0. The fourth-order valence-electron chi connectivity index (χ4n) is 4.45. The minimum Gasteiger partial charge on any atom is -0.393 e. The second-order valence-corrected chi connectivity index (χ2v) is 7.85. The van der Waals surface area contributed by atoms with Crippen LogP contribution in [0.15, 0.2) is 24.3 Å². The lowest BCUT2D eigenvalue weighted by atomic mass is 9.78. The first kappa shape index (κ1) is 17.3. The summed E-state index contributed by atoms with van der Waals surface area (Å²) in [7, 11) is 0. The zero-order chi connectivity index (χ0) is 17.2. The number of carbonyl (C=O) groups excluding carboxylic acids is 1. The Balaban J connectivity index is 1.45. The van der Waals surface area contributed by atoms with Crippen molar-refractivity contribution in [2.75, 3.05) is 13.1 Å². The number of urea groups is 1. The summed E-state index contributed by atoms with van der Waals surface area (Å²) in [5, 5.41) is 15.3. The van der Waals surface area contributed by atoms with Crippen molar-refractivity contribution < 1.29 is 9.90 Å². The highest BCUT2D eigenvalue weighted by molar-refractivity contribution is 5.73. The van der Waals surface area contributed by atoms with E-state index in [-0.39, 0.29) is 18.1 Å². The Morgan fingerprint density at radius 2 is 2.12 bits per heavy atom. The van der Waals surface area contributed by atoms with E-state index in [1.54, 1.807) is 6.92 Å². The third-order valence-electron chi connectivity index (χ3n) is 5.72. The zero-order valence-corrected chi connectivity index (χ0v) is 14.8. The first-order chi connectivity index (χ1) is 11.5. The number of aliphatic hydroxyl groups is 1. The van der Waals surface area contributed by atoms with E-state index < -0.39 is 0 Å². The summed E-state index contributed by atoms with van der Waals surface area (Å²) in [6, 6.07) is 8.74. The Bertz CT molecular complexity index is 587. The average Bonchev–Trinajstić information content (AvgIpc) is 3.24. The molecule has 0 saturated heterocycles. The quantitative estimate of drug-likeness (QED) is 0.751. The molecule has 1 spiro atoms. The molecule has 0 aromatic heterocycles. The van der Waals surface area contributed by atoms with E-state index in [1.165, 1.54) is 36.8 Å². The summed E-state index contributed by atoms with van der Waals surface area (Å²) in [5.74, 6) is 0.854. The average molecular weight is 330 g/mol. The third kappa shape index (κ3) is 3.75. The van der Waals surface area contributed by atoms with Crippen LogP contribution in [0.5, 0.6) is 0 Å². The molecule has 2 aliphatic rings. The molecular formula is C20H30N2O2. The van der Waals surface area contributed by atoms with Gasteiger partial charge in [0.1, 0.15) is 0 Å². The van der Waals surface area contributed by atoms with Crippen molar-refractivity contribution in [1.82, 2.24) is 10.6 Å². The molecule has 2 aliphatic carbocycles. The smallest absolute Gasteiger partial charge is 0.314 e. The van der Waals surface area contributed by atoms with E-state index in [0.717, 1.165) is 6.54 Å². The molecule has 4 unspecified atom stereocenters. The van der Waals surface area contributed by atoms with Gasteiger partial charge in [0.05, 0.1) is 6.10 Å². The molecule has 0 bridgehead atoms. The molecule has 2 amide bonds. The molecule has 1 aromatic carbocycles. The van der Waals surface area contributed by atoms with Crippen molar-refractivity contribution in [3.8, 4) is 0 Å². The Kier molecular flexibility index (Phi) is 5.14. The normalized spacial score (nSPS) is 27.2. The van der Waals surface area contributed by atoms with E-state index in [2.05, 4.69) is 34.9 Å². The number of hydrogen-bond donors (Lipinski definition) is 3. The van der Waals surface area contributed by atoms with Crippen molar-refractivity contribution >= 4 is 6.03 Å². The lowest BCUT2D eigenvalue weighted by Gasteiger charge is -2.26. The summed E-state index contributed by atoms with van der Waals surface area (Å²) < 4.78 is 0. The summed E-state index contributed by atoms with van der Waals surface area (Å²) in [6.07, 6.45) is 5.30. The second kappa shape index (κ2) is 7.14. The number of hydrogen-bond acceptors (Lipinski definition) is 2. The number of benzene rings is 1. The lowest BCUT2D eigenvalue weighted by molar-refractivity contribution is 0.163. The van der Waals surface area contributed by atoms with Crippen molar-refractivity contribution in [3.63, 3.8) is 0 Å². The number of carbonyl (C=O) groups is 1. The van der Waals surface area contributed by atoms with E-state index in [4.69, 9.17) is 0 Å². The number of aryl methyl sites for hydroxylation is 1. The van der Waals surface area contributed by atoms with Gasteiger partial charge in [-0.3, -0.25) is 0 Å². The molecule has 132 valence electrons. The third-order valence-corrected chi connectivity index (χ3v) is 5.72. The summed E-state index contributed by atoms with van der Waals surface area (Å²) in [5.41, 5.74) is 3.35. The maximum atomic E-state index is 12.0. The zero-order valence-electron chi connectivity index (χ0n) is 14.8. The van der Waals surface area contributed by atoms with Gasteiger partial charge < -0.3 is 15.7 Å². The molecule has 1 aromatic rings. The van der Waals surface area contributed by atoms with Crippen LogP contribution in [0.25, 0.3) is 0 Å². The molecule has 0 aliphatic heterocycles. The molecule has 24 heavy (non-hydrogen) atoms. The van der Waals surface area contributed by atoms with Crippen LogP contribution < -0.4 is 10.6 Å². The van der Waals surface area contributed by atoms with Gasteiger partial charge in [0.15, 0.2) is 0 Å². The van der Waals surface area contributed by atoms with Gasteiger partial charge in [-0.2, -0.15) is 0 Å². The molecule has 3 N–H and O–H groups in total. The van der Waals surface area contributed by atoms with Crippen molar-refractivity contribution in [2.45, 2.75) is 57.5 Å². The summed E-state index contributed by atoms with van der Waals surface area (Å²) in [6.45, 7) is 5.19. The number of nitrogens with one attached hydrogen (secondary N) is 2. The highest BCUT2D eigenvalue weighted by Gasteiger charge is 2.56. The lowest BCUT2D eigenvalue weighted by Crippen LogP contribution is -2.39. The molecule has 4 nitrogen and oxygen atoms in total. The first-order valence-corrected chi connectivity index (χ1v) is 9.29. The van der Waals surface area contributed by atoms with Crippen LogP contribution in [0.2, 0.25) is 0 Å². The van der Waals surface area contributed by atoms with Crippen LogP contribution >= 0.6 is 0 Å². The number of rotatable bonds is 6. The van der Waals surface area contributed by atoms with Crippen molar-refractivity contribution in [3.05, 3.63) is 35.4 Å². The van der Waals surface area contributed by atoms with Gasteiger partial charge >= 0.3 is 6.03 Å². The molecule has 1 fully saturated rings. The molecule has 4 heteroatoms. The van der Waals surface area contributed by atoms with Crippen molar-refractivity contribution in [1.29, 1.82) is 0 Å². The monoisotopic (exact) mass is 330 g/mol. The molecular weight excluding hydrogens is 300 g/mol. The van der Waals surface area contributed by atoms with Gasteiger partial charge in [-0.05, 0) is 62.0 Å². The Hall–Kier alpha value is -1.55. The minimum absolute atomic E-state index is 0.0846. The van der Waals surface area contributed by atoms with Gasteiger partial charge in [0.25, 0.3) is 0 Å². The fourth-order valence-corrected chi connectivity index (χ4v) is 4.45. The Labute approximate surface area is 145 Å².